The van der Waals surface area contributed by atoms with Gasteiger partial charge in [0.2, 0.25) is 0 Å². The lowest BCUT2D eigenvalue weighted by molar-refractivity contribution is -0.384. The maximum atomic E-state index is 12.5. The molecular formula is C19H19N3O4. The largest absolute Gasteiger partial charge is 0.459 e. The van der Waals surface area contributed by atoms with Crippen LogP contribution >= 0.6 is 0 Å². The van der Waals surface area contributed by atoms with Gasteiger partial charge in [-0.05, 0) is 31.2 Å². The molecule has 1 atom stereocenters. The molecule has 1 unspecified atom stereocenters. The number of nitro benzene ring substituents is 1. The highest BCUT2D eigenvalue weighted by Gasteiger charge is 2.21. The zero-order chi connectivity index (χ0) is 18.8. The fraction of sp³-hybridized carbons (Fsp3) is 0.211. The second-order valence-electron chi connectivity index (χ2n) is 6.24. The molecular weight excluding hydrogens is 334 g/mol. The Morgan fingerprint density at radius 3 is 2.58 bits per heavy atom. The monoisotopic (exact) mass is 353 g/mol. The van der Waals surface area contributed by atoms with E-state index < -0.39 is 10.8 Å². The van der Waals surface area contributed by atoms with Crippen LogP contribution in [-0.4, -0.2) is 24.9 Å². The summed E-state index contributed by atoms with van der Waals surface area (Å²) in [5, 5.41) is 15.0. The van der Waals surface area contributed by atoms with E-state index in [-0.39, 0.29) is 17.3 Å². The van der Waals surface area contributed by atoms with Gasteiger partial charge in [0, 0.05) is 31.1 Å². The summed E-state index contributed by atoms with van der Waals surface area (Å²) in [5.74, 6) is 0.227. The van der Waals surface area contributed by atoms with E-state index in [9.17, 15) is 14.9 Å². The van der Waals surface area contributed by atoms with Gasteiger partial charge in [0.1, 0.15) is 17.0 Å². The third kappa shape index (κ3) is 3.37. The van der Waals surface area contributed by atoms with Crippen LogP contribution in [0, 0.1) is 10.1 Å². The van der Waals surface area contributed by atoms with Crippen molar-refractivity contribution in [1.29, 1.82) is 0 Å². The lowest BCUT2D eigenvalue weighted by Gasteiger charge is -2.14. The van der Waals surface area contributed by atoms with Crippen LogP contribution in [0.3, 0.4) is 0 Å². The number of para-hydroxylation sites is 1. The SMILES string of the molecule is CC(NC(=O)c1ccc(N(C)C)c([N+](=O)[O-])c1)c1cc2ccccc2o1. The molecule has 1 amide bonds. The average molecular weight is 353 g/mol. The molecule has 0 spiro atoms. The molecule has 1 aromatic heterocycles. The van der Waals surface area contributed by atoms with Gasteiger partial charge in [-0.2, -0.15) is 0 Å². The van der Waals surface area contributed by atoms with Gasteiger partial charge < -0.3 is 14.6 Å². The van der Waals surface area contributed by atoms with Crippen LogP contribution in [0.2, 0.25) is 0 Å². The summed E-state index contributed by atoms with van der Waals surface area (Å²) >= 11 is 0. The number of amides is 1. The number of hydrogen-bond donors (Lipinski definition) is 1. The Morgan fingerprint density at radius 2 is 1.92 bits per heavy atom. The normalized spacial score (nSPS) is 12.0. The molecule has 1 N–H and O–H groups in total. The summed E-state index contributed by atoms with van der Waals surface area (Å²) in [6, 6.07) is 13.5. The van der Waals surface area contributed by atoms with Crippen molar-refractivity contribution in [1.82, 2.24) is 5.32 Å². The van der Waals surface area contributed by atoms with E-state index >= 15 is 0 Å². The van der Waals surface area contributed by atoms with Gasteiger partial charge in [0.15, 0.2) is 0 Å². The van der Waals surface area contributed by atoms with E-state index in [0.29, 0.717) is 11.4 Å². The molecule has 7 heteroatoms. The molecule has 134 valence electrons. The maximum Gasteiger partial charge on any atom is 0.293 e. The van der Waals surface area contributed by atoms with Crippen molar-refractivity contribution in [2.24, 2.45) is 0 Å². The third-order valence-corrected chi connectivity index (χ3v) is 4.14. The van der Waals surface area contributed by atoms with Gasteiger partial charge in [0.25, 0.3) is 11.6 Å². The van der Waals surface area contributed by atoms with Crippen molar-refractivity contribution >= 4 is 28.3 Å². The first kappa shape index (κ1) is 17.5. The van der Waals surface area contributed by atoms with Crippen molar-refractivity contribution in [3.63, 3.8) is 0 Å². The van der Waals surface area contributed by atoms with Gasteiger partial charge in [-0.15, -0.1) is 0 Å². The molecule has 3 rings (SSSR count). The van der Waals surface area contributed by atoms with Crippen molar-refractivity contribution < 1.29 is 14.1 Å². The van der Waals surface area contributed by atoms with Crippen molar-refractivity contribution in [3.05, 3.63) is 70.0 Å². The van der Waals surface area contributed by atoms with E-state index in [4.69, 9.17) is 4.42 Å². The molecule has 1 heterocycles. The number of carbonyl (C=O) groups is 1. The third-order valence-electron chi connectivity index (χ3n) is 4.14. The van der Waals surface area contributed by atoms with Gasteiger partial charge in [-0.1, -0.05) is 18.2 Å². The van der Waals surface area contributed by atoms with Crippen LogP contribution in [0.25, 0.3) is 11.0 Å². The fourth-order valence-corrected chi connectivity index (χ4v) is 2.76. The van der Waals surface area contributed by atoms with Crippen LogP contribution in [-0.2, 0) is 0 Å². The van der Waals surface area contributed by atoms with Crippen LogP contribution in [0.1, 0.15) is 29.1 Å². The molecule has 7 nitrogen and oxygen atoms in total. The summed E-state index contributed by atoms with van der Waals surface area (Å²) < 4.78 is 5.75. The minimum absolute atomic E-state index is 0.112. The fourth-order valence-electron chi connectivity index (χ4n) is 2.76. The summed E-state index contributed by atoms with van der Waals surface area (Å²) in [4.78, 5) is 24.9. The number of nitrogens with one attached hydrogen (secondary N) is 1. The Labute approximate surface area is 150 Å². The van der Waals surface area contributed by atoms with E-state index in [1.807, 2.05) is 30.3 Å². The highest BCUT2D eigenvalue weighted by Crippen LogP contribution is 2.28. The smallest absolute Gasteiger partial charge is 0.293 e. The number of furan rings is 1. The molecule has 26 heavy (non-hydrogen) atoms. The number of anilines is 1. The number of nitro groups is 1. The zero-order valence-electron chi connectivity index (χ0n) is 14.7. The minimum Gasteiger partial charge on any atom is -0.459 e. The van der Waals surface area contributed by atoms with Crippen LogP contribution in [0.15, 0.2) is 52.9 Å². The summed E-state index contributed by atoms with van der Waals surface area (Å²) in [6.45, 7) is 1.80. The Balaban J connectivity index is 1.83. The molecule has 3 aromatic rings. The van der Waals surface area contributed by atoms with Gasteiger partial charge >= 0.3 is 0 Å². The number of benzene rings is 2. The zero-order valence-corrected chi connectivity index (χ0v) is 14.7. The van der Waals surface area contributed by atoms with Crippen LogP contribution in [0.4, 0.5) is 11.4 Å². The predicted molar refractivity (Wildman–Crippen MR) is 99.5 cm³/mol. The Bertz CT molecular complexity index is 945. The predicted octanol–water partition coefficient (Wildman–Crippen LogP) is 3.90. The molecule has 0 aliphatic heterocycles. The second-order valence-corrected chi connectivity index (χ2v) is 6.24. The first-order valence-corrected chi connectivity index (χ1v) is 8.12. The lowest BCUT2D eigenvalue weighted by Crippen LogP contribution is -2.26. The van der Waals surface area contributed by atoms with E-state index in [2.05, 4.69) is 5.32 Å². The molecule has 0 bridgehead atoms. The van der Waals surface area contributed by atoms with Crippen molar-refractivity contribution in [3.8, 4) is 0 Å². The Hall–Kier alpha value is -3.35. The number of fused-ring (bicyclic) bond motifs is 1. The number of rotatable bonds is 5. The second kappa shape index (κ2) is 6.87. The average Bonchev–Trinajstić information content (AvgIpc) is 3.05. The lowest BCUT2D eigenvalue weighted by atomic mass is 10.1. The Kier molecular flexibility index (Phi) is 4.62. The molecule has 0 radical (unpaired) electrons. The first-order valence-electron chi connectivity index (χ1n) is 8.12. The minimum atomic E-state index is -0.491. The molecule has 0 saturated carbocycles. The molecule has 2 aromatic carbocycles. The van der Waals surface area contributed by atoms with Crippen molar-refractivity contribution in [2.45, 2.75) is 13.0 Å². The van der Waals surface area contributed by atoms with Gasteiger partial charge in [-0.25, -0.2) is 0 Å². The van der Waals surface area contributed by atoms with E-state index in [1.54, 1.807) is 38.1 Å². The van der Waals surface area contributed by atoms with Crippen LogP contribution in [0.5, 0.6) is 0 Å². The highest BCUT2D eigenvalue weighted by molar-refractivity contribution is 5.96. The van der Waals surface area contributed by atoms with E-state index in [1.165, 1.54) is 6.07 Å². The summed E-state index contributed by atoms with van der Waals surface area (Å²) in [6.07, 6.45) is 0. The maximum absolute atomic E-state index is 12.5. The van der Waals surface area contributed by atoms with Gasteiger partial charge in [0.05, 0.1) is 11.0 Å². The summed E-state index contributed by atoms with van der Waals surface area (Å²) in [7, 11) is 3.43. The molecule has 0 saturated heterocycles. The number of nitrogens with zero attached hydrogens (tertiary/aromatic N) is 2. The van der Waals surface area contributed by atoms with E-state index in [0.717, 1.165) is 11.0 Å². The standard InChI is InChI=1S/C19H19N3O4/c1-12(18-11-13-6-4-5-7-17(13)26-18)20-19(23)14-8-9-15(21(2)3)16(10-14)22(24)25/h4-12H,1-3H3,(H,20,23). The number of carbonyl (C=O) groups excluding carboxylic acids is 1. The molecule has 0 fully saturated rings. The quantitative estimate of drug-likeness (QED) is 0.555. The highest BCUT2D eigenvalue weighted by atomic mass is 16.6. The molecule has 0 aliphatic rings. The molecule has 0 aliphatic carbocycles. The van der Waals surface area contributed by atoms with Crippen molar-refractivity contribution in [2.75, 3.05) is 19.0 Å². The summed E-state index contributed by atoms with van der Waals surface area (Å²) in [5.41, 5.74) is 1.30. The number of hydrogen-bond acceptors (Lipinski definition) is 5. The van der Waals surface area contributed by atoms with Crippen LogP contribution < -0.4 is 10.2 Å². The van der Waals surface area contributed by atoms with Gasteiger partial charge in [-0.3, -0.25) is 14.9 Å². The Morgan fingerprint density at radius 1 is 1.19 bits per heavy atom. The topological polar surface area (TPSA) is 88.6 Å². The first-order chi connectivity index (χ1) is 12.4.